The quantitative estimate of drug-likeness (QED) is 0.121. The van der Waals surface area contributed by atoms with Crippen LogP contribution in [0.25, 0.3) is 0 Å². The number of hydrogen-bond acceptors (Lipinski definition) is 21. The van der Waals surface area contributed by atoms with Crippen molar-refractivity contribution in [1.29, 1.82) is 0 Å². The van der Waals surface area contributed by atoms with Gasteiger partial charge in [-0.3, -0.25) is 0 Å². The molecule has 21 nitrogen and oxygen atoms in total. The fourth-order valence-electron chi connectivity index (χ4n) is 17.6. The SMILES string of the molecule is C[C@H]1O[C@@H](O[C@H]2[C@H](O[C@H]3CO[C@@H](O[C@H]4CC[C@]5(C)[C@H]6CC[C@]78OC[C@@]9(CCC(C)(C)C[C@H]97)[C@H](O)C[C@@]8(C)[C@]6(C)CC[C@H]5C4(C)C)[C@H](O[C@@H]4O[C@H](CO)[C@@H](O)[C@H](O)[C@H]4O)[C@H]3O)O[C@H](CO)[C@@H](O)[C@@H]2O)[C@@H](O)[C@@H](O)[C@@H]1O. The maximum absolute atomic E-state index is 12.4. The molecule has 2 bridgehead atoms. The topological polar surface area (TPSA) is 326 Å². The zero-order valence-electron chi connectivity index (χ0n) is 44.3. The van der Waals surface area contributed by atoms with Crippen LogP contribution in [0.4, 0.5) is 0 Å². The van der Waals surface area contributed by atoms with Crippen molar-refractivity contribution in [3.63, 3.8) is 0 Å². The molecular weight excluding hydrogens is 973 g/mol. The van der Waals surface area contributed by atoms with Crippen molar-refractivity contribution in [2.45, 2.75) is 254 Å². The van der Waals surface area contributed by atoms with Gasteiger partial charge in [-0.05, 0) is 111 Å². The smallest absolute Gasteiger partial charge is 0.187 e. The Morgan fingerprint density at radius 3 is 1.77 bits per heavy atom. The van der Waals surface area contributed by atoms with Crippen molar-refractivity contribution in [1.82, 2.24) is 0 Å². The fraction of sp³-hybridized carbons (Fsp3) is 1.00. The van der Waals surface area contributed by atoms with Gasteiger partial charge in [0.25, 0.3) is 0 Å². The molecule has 21 heteroatoms. The molecule has 0 aromatic rings. The minimum atomic E-state index is -1.87. The number of ether oxygens (including phenoxy) is 9. The van der Waals surface area contributed by atoms with E-state index >= 15 is 0 Å². The second-order valence-corrected chi connectivity index (χ2v) is 26.6. The van der Waals surface area contributed by atoms with E-state index in [1.54, 1.807) is 0 Å². The van der Waals surface area contributed by atoms with Gasteiger partial charge in [-0.25, -0.2) is 0 Å². The third-order valence-electron chi connectivity index (χ3n) is 22.2. The van der Waals surface area contributed by atoms with E-state index in [1.807, 2.05) is 0 Å². The number of aliphatic hydroxyl groups is 12. The second kappa shape index (κ2) is 19.7. The number of rotatable bonds is 10. The van der Waals surface area contributed by atoms with E-state index in [1.165, 1.54) is 6.92 Å². The van der Waals surface area contributed by atoms with Crippen molar-refractivity contribution in [3.8, 4) is 0 Å². The summed E-state index contributed by atoms with van der Waals surface area (Å²) in [7, 11) is 0. The lowest BCUT2D eigenvalue weighted by atomic mass is 9.30. The van der Waals surface area contributed by atoms with Gasteiger partial charge in [0.05, 0.1) is 50.3 Å². The first-order valence-corrected chi connectivity index (χ1v) is 27.5. The number of hydrogen-bond donors (Lipinski definition) is 12. The molecule has 0 amide bonds. The summed E-state index contributed by atoms with van der Waals surface area (Å²) in [5, 5.41) is 131. The summed E-state index contributed by atoms with van der Waals surface area (Å²) in [5.41, 5.74) is -1.31. The first-order chi connectivity index (χ1) is 34.6. The van der Waals surface area contributed by atoms with Crippen molar-refractivity contribution < 1.29 is 104 Å². The van der Waals surface area contributed by atoms with Gasteiger partial charge in [0.1, 0.15) is 85.5 Å². The first-order valence-electron chi connectivity index (χ1n) is 27.5. The van der Waals surface area contributed by atoms with E-state index in [0.29, 0.717) is 24.9 Å². The Kier molecular flexibility index (Phi) is 15.0. The average molecular weight is 1060 g/mol. The number of fused-ring (bicyclic) bond motifs is 4. The van der Waals surface area contributed by atoms with Crippen LogP contribution in [-0.2, 0) is 42.6 Å². The van der Waals surface area contributed by atoms with E-state index in [-0.39, 0.29) is 38.6 Å². The molecule has 74 heavy (non-hydrogen) atoms. The minimum absolute atomic E-state index is 0.124. The molecule has 5 aliphatic carbocycles. The molecule has 29 atom stereocenters. The predicted octanol–water partition coefficient (Wildman–Crippen LogP) is -0.684. The van der Waals surface area contributed by atoms with Crippen LogP contribution in [0.15, 0.2) is 0 Å². The second-order valence-electron chi connectivity index (χ2n) is 26.6. The average Bonchev–Trinajstić information content (AvgIpc) is 3.63. The van der Waals surface area contributed by atoms with Gasteiger partial charge in [-0.1, -0.05) is 48.5 Å². The fourth-order valence-corrected chi connectivity index (χ4v) is 17.6. The maximum atomic E-state index is 12.4. The Hall–Kier alpha value is -0.840. The molecule has 5 heterocycles. The molecular formula is C53H88O21. The Balaban J connectivity index is 0.902. The molecule has 0 unspecified atom stereocenters. The van der Waals surface area contributed by atoms with Crippen molar-refractivity contribution in [2.75, 3.05) is 26.4 Å². The van der Waals surface area contributed by atoms with Gasteiger partial charge in [0.15, 0.2) is 25.2 Å². The molecule has 5 aliphatic heterocycles. The summed E-state index contributed by atoms with van der Waals surface area (Å²) in [6.45, 7) is 16.7. The van der Waals surface area contributed by atoms with Crippen LogP contribution < -0.4 is 0 Å². The molecule has 0 aromatic heterocycles. The molecule has 0 aromatic carbocycles. The third kappa shape index (κ3) is 8.40. The Morgan fingerprint density at radius 1 is 0.514 bits per heavy atom. The molecule has 0 radical (unpaired) electrons. The van der Waals surface area contributed by atoms with Crippen LogP contribution in [0.2, 0.25) is 0 Å². The molecule has 10 fully saturated rings. The standard InChI is InChI=1S/C53H88O21/c1-23-32(57)36(61)39(64)43(68-23)74-42-38(63)34(59)25(20-55)70-46(42)71-26-21-66-45(41(35(26)60)73-44-40(65)37(62)33(58)24(19-54)69-44)72-31-11-12-49(6)27(48(31,4)5)9-13-50(7)28(49)10-14-53-29-17-47(2,3)15-16-52(29,22-67-53)30(56)18-51(50,53)8/h23-46,54-65H,9-22H2,1-8H3/t23-,24-,25-,26+,27+,28-,29-,30-,31+,32-,33-,34-,35+,36+,37+,38+,39+,40-,41-,42-,43+,44+,45+,46+,49+,50-,51+,52-,53+/m1/s1. The molecule has 12 N–H and O–H groups in total. The highest BCUT2D eigenvalue weighted by Gasteiger charge is 2.80. The molecule has 10 aliphatic rings. The molecule has 5 saturated heterocycles. The van der Waals surface area contributed by atoms with E-state index in [2.05, 4.69) is 48.5 Å². The van der Waals surface area contributed by atoms with E-state index in [0.717, 1.165) is 57.8 Å². The highest BCUT2D eigenvalue weighted by molar-refractivity contribution is 5.28. The zero-order valence-corrected chi connectivity index (χ0v) is 44.3. The van der Waals surface area contributed by atoms with E-state index in [9.17, 15) is 61.3 Å². The summed E-state index contributed by atoms with van der Waals surface area (Å²) >= 11 is 0. The summed E-state index contributed by atoms with van der Waals surface area (Å²) < 4.78 is 56.4. The van der Waals surface area contributed by atoms with Crippen molar-refractivity contribution in [2.24, 2.45) is 50.2 Å². The summed E-state index contributed by atoms with van der Waals surface area (Å²) in [5.74, 6) is 0.795. The molecule has 426 valence electrons. The third-order valence-corrected chi connectivity index (χ3v) is 22.2. The van der Waals surface area contributed by atoms with Crippen molar-refractivity contribution >= 4 is 0 Å². The Morgan fingerprint density at radius 2 is 1.11 bits per heavy atom. The van der Waals surface area contributed by atoms with Gasteiger partial charge in [-0.15, -0.1) is 0 Å². The minimum Gasteiger partial charge on any atom is -0.394 e. The zero-order chi connectivity index (χ0) is 53.6. The first kappa shape index (κ1) is 56.4. The van der Waals surface area contributed by atoms with Crippen molar-refractivity contribution in [3.05, 3.63) is 0 Å². The summed E-state index contributed by atoms with van der Waals surface area (Å²) in [6.07, 6.45) is -22.7. The van der Waals surface area contributed by atoms with E-state index in [4.69, 9.17) is 42.6 Å². The number of aliphatic hydroxyl groups excluding tert-OH is 12. The molecule has 10 rings (SSSR count). The normalized spacial score (nSPS) is 57.9. The predicted molar refractivity (Wildman–Crippen MR) is 255 cm³/mol. The van der Waals surface area contributed by atoms with Gasteiger partial charge in [-0.2, -0.15) is 0 Å². The summed E-state index contributed by atoms with van der Waals surface area (Å²) in [6, 6.07) is 0. The van der Waals surface area contributed by atoms with Gasteiger partial charge in [0.2, 0.25) is 0 Å². The van der Waals surface area contributed by atoms with Crippen LogP contribution in [0.3, 0.4) is 0 Å². The van der Waals surface area contributed by atoms with Gasteiger partial charge >= 0.3 is 0 Å². The molecule has 1 spiro atoms. The highest BCUT2D eigenvalue weighted by Crippen LogP contribution is 2.80. The Labute approximate surface area is 433 Å². The Bertz CT molecular complexity index is 2000. The maximum Gasteiger partial charge on any atom is 0.187 e. The van der Waals surface area contributed by atoms with E-state index < -0.39 is 154 Å². The molecule has 5 saturated carbocycles. The highest BCUT2D eigenvalue weighted by atomic mass is 16.8. The van der Waals surface area contributed by atoms with Crippen LogP contribution in [0.5, 0.6) is 0 Å². The van der Waals surface area contributed by atoms with Crippen LogP contribution >= 0.6 is 0 Å². The van der Waals surface area contributed by atoms with Crippen LogP contribution in [0.1, 0.15) is 120 Å². The lowest BCUT2D eigenvalue weighted by molar-refractivity contribution is -0.394. The van der Waals surface area contributed by atoms with Gasteiger partial charge in [0, 0.05) is 10.8 Å². The largest absolute Gasteiger partial charge is 0.394 e. The van der Waals surface area contributed by atoms with Gasteiger partial charge < -0.3 is 104 Å². The monoisotopic (exact) mass is 1060 g/mol. The summed E-state index contributed by atoms with van der Waals surface area (Å²) in [4.78, 5) is 0. The van der Waals surface area contributed by atoms with Crippen LogP contribution in [-0.4, -0.2) is 222 Å². The lowest BCUT2D eigenvalue weighted by Crippen LogP contribution is -2.74. The van der Waals surface area contributed by atoms with Crippen LogP contribution in [0, 0.1) is 50.2 Å². The lowest BCUT2D eigenvalue weighted by Gasteiger charge is -2.75.